The van der Waals surface area contributed by atoms with Gasteiger partial charge in [0.2, 0.25) is 11.1 Å². The first-order valence-corrected chi connectivity index (χ1v) is 9.59. The zero-order chi connectivity index (χ0) is 20.3. The summed E-state index contributed by atoms with van der Waals surface area (Å²) < 4.78 is 1.39. The summed E-state index contributed by atoms with van der Waals surface area (Å²) in [4.78, 5) is 23.8. The fourth-order valence-corrected chi connectivity index (χ4v) is 3.27. The van der Waals surface area contributed by atoms with Gasteiger partial charge in [0.25, 0.3) is 0 Å². The molecule has 3 N–H and O–H groups in total. The van der Waals surface area contributed by atoms with Crippen molar-refractivity contribution in [2.24, 2.45) is 0 Å². The fourth-order valence-electron chi connectivity index (χ4n) is 2.50. The number of anilines is 1. The van der Waals surface area contributed by atoms with Crippen molar-refractivity contribution in [1.29, 1.82) is 0 Å². The molecule has 144 valence electrons. The summed E-state index contributed by atoms with van der Waals surface area (Å²) in [5, 5.41) is 11.1. The molecule has 8 heteroatoms. The van der Waals surface area contributed by atoms with Crippen molar-refractivity contribution in [1.82, 2.24) is 14.9 Å². The van der Waals surface area contributed by atoms with Gasteiger partial charge in [-0.15, -0.1) is 10.2 Å². The number of hydrogen-bond acceptors (Lipinski definition) is 6. The van der Waals surface area contributed by atoms with E-state index in [4.69, 9.17) is 5.84 Å². The number of aryl methyl sites for hydroxylation is 1. The van der Waals surface area contributed by atoms with E-state index < -0.39 is 5.25 Å². The van der Waals surface area contributed by atoms with E-state index in [0.717, 1.165) is 11.1 Å². The lowest BCUT2D eigenvalue weighted by Gasteiger charge is -2.12. The quantitative estimate of drug-likeness (QED) is 0.377. The van der Waals surface area contributed by atoms with Crippen LogP contribution in [-0.4, -0.2) is 31.8 Å². The molecule has 1 heterocycles. The molecule has 1 atom stereocenters. The van der Waals surface area contributed by atoms with E-state index in [-0.39, 0.29) is 11.7 Å². The van der Waals surface area contributed by atoms with E-state index in [0.29, 0.717) is 22.2 Å². The lowest BCUT2D eigenvalue weighted by Crippen LogP contribution is -2.23. The summed E-state index contributed by atoms with van der Waals surface area (Å²) >= 11 is 1.22. The van der Waals surface area contributed by atoms with Crippen LogP contribution >= 0.6 is 11.8 Å². The molecule has 1 amide bonds. The molecule has 0 radical (unpaired) electrons. The second-order valence-electron chi connectivity index (χ2n) is 6.43. The van der Waals surface area contributed by atoms with Crippen LogP contribution in [-0.2, 0) is 4.79 Å². The number of aromatic nitrogens is 3. The van der Waals surface area contributed by atoms with Crippen molar-refractivity contribution < 1.29 is 9.59 Å². The second-order valence-corrected chi connectivity index (χ2v) is 7.73. The molecule has 0 unspecified atom stereocenters. The number of hydrogen-bond donors (Lipinski definition) is 2. The monoisotopic (exact) mass is 395 g/mol. The maximum atomic E-state index is 12.5. The summed E-state index contributed by atoms with van der Waals surface area (Å²) in [6.07, 6.45) is 0. The molecule has 0 fully saturated rings. The number of benzene rings is 2. The van der Waals surface area contributed by atoms with Crippen LogP contribution < -0.4 is 11.2 Å². The molecular formula is C20H21N5O2S. The molecule has 0 aliphatic carbocycles. The Morgan fingerprint density at radius 3 is 2.32 bits per heavy atom. The van der Waals surface area contributed by atoms with Crippen LogP contribution in [0.5, 0.6) is 0 Å². The summed E-state index contributed by atoms with van der Waals surface area (Å²) in [5.41, 5.74) is 3.22. The Kier molecular flexibility index (Phi) is 5.79. The maximum absolute atomic E-state index is 12.5. The number of amides is 1. The number of Topliss-reactive ketones (excluding diaryl/α,β-unsaturated/α-hetero) is 1. The molecule has 28 heavy (non-hydrogen) atoms. The Labute approximate surface area is 167 Å². The predicted octanol–water partition coefficient (Wildman–Crippen LogP) is 3.29. The SMILES string of the molecule is CC(=O)c1ccc(NC(=O)[C@@H](C)Sc2nnc(-c3ccc(C)cc3)n2N)cc1. The van der Waals surface area contributed by atoms with Crippen LogP contribution in [0.4, 0.5) is 5.69 Å². The molecule has 3 rings (SSSR count). The zero-order valence-corrected chi connectivity index (χ0v) is 16.7. The summed E-state index contributed by atoms with van der Waals surface area (Å²) in [5.74, 6) is 6.45. The predicted molar refractivity (Wildman–Crippen MR) is 111 cm³/mol. The third-order valence-electron chi connectivity index (χ3n) is 4.18. The Hall–Kier alpha value is -3.13. The normalized spacial score (nSPS) is 11.8. The largest absolute Gasteiger partial charge is 0.335 e. The minimum absolute atomic E-state index is 0.0199. The number of nitrogen functional groups attached to an aromatic ring is 1. The van der Waals surface area contributed by atoms with E-state index >= 15 is 0 Å². The summed E-state index contributed by atoms with van der Waals surface area (Å²) in [7, 11) is 0. The van der Waals surface area contributed by atoms with Crippen LogP contribution in [0.3, 0.4) is 0 Å². The van der Waals surface area contributed by atoms with Gasteiger partial charge >= 0.3 is 0 Å². The van der Waals surface area contributed by atoms with E-state index in [2.05, 4.69) is 15.5 Å². The number of ketones is 1. The molecule has 3 aromatic rings. The lowest BCUT2D eigenvalue weighted by atomic mass is 10.1. The van der Waals surface area contributed by atoms with Crippen LogP contribution in [0.25, 0.3) is 11.4 Å². The van der Waals surface area contributed by atoms with Gasteiger partial charge in [0, 0.05) is 16.8 Å². The average Bonchev–Trinajstić information content (AvgIpc) is 3.03. The molecule has 2 aromatic carbocycles. The highest BCUT2D eigenvalue weighted by Gasteiger charge is 2.20. The molecule has 0 saturated heterocycles. The number of nitrogens with one attached hydrogen (secondary N) is 1. The van der Waals surface area contributed by atoms with Crippen LogP contribution in [0.2, 0.25) is 0 Å². The molecule has 0 aliphatic heterocycles. The smallest absolute Gasteiger partial charge is 0.237 e. The molecule has 0 aliphatic rings. The van der Waals surface area contributed by atoms with Crippen LogP contribution in [0, 0.1) is 6.92 Å². The van der Waals surface area contributed by atoms with E-state index in [1.54, 1.807) is 31.2 Å². The molecule has 0 spiro atoms. The number of nitrogens with zero attached hydrogens (tertiary/aromatic N) is 3. The minimum atomic E-state index is -0.440. The average molecular weight is 395 g/mol. The number of rotatable bonds is 6. The highest BCUT2D eigenvalue weighted by atomic mass is 32.2. The third-order valence-corrected chi connectivity index (χ3v) is 5.24. The number of nitrogens with two attached hydrogens (primary N) is 1. The van der Waals surface area contributed by atoms with Gasteiger partial charge in [-0.2, -0.15) is 0 Å². The number of carbonyl (C=O) groups is 2. The number of carbonyl (C=O) groups excluding carboxylic acids is 2. The highest BCUT2D eigenvalue weighted by molar-refractivity contribution is 8.00. The topological polar surface area (TPSA) is 103 Å². The van der Waals surface area contributed by atoms with Crippen molar-refractivity contribution >= 4 is 29.1 Å². The molecule has 0 saturated carbocycles. The highest BCUT2D eigenvalue weighted by Crippen LogP contribution is 2.25. The van der Waals surface area contributed by atoms with E-state index in [1.807, 2.05) is 31.2 Å². The van der Waals surface area contributed by atoms with Crippen molar-refractivity contribution in [2.75, 3.05) is 11.2 Å². The van der Waals surface area contributed by atoms with Crippen LogP contribution in [0.15, 0.2) is 53.7 Å². The third kappa shape index (κ3) is 4.40. The maximum Gasteiger partial charge on any atom is 0.237 e. The molecule has 1 aromatic heterocycles. The fraction of sp³-hybridized carbons (Fsp3) is 0.200. The van der Waals surface area contributed by atoms with Gasteiger partial charge in [0.15, 0.2) is 11.6 Å². The van der Waals surface area contributed by atoms with Gasteiger partial charge in [0.1, 0.15) is 0 Å². The van der Waals surface area contributed by atoms with Crippen molar-refractivity contribution in [2.45, 2.75) is 31.2 Å². The zero-order valence-electron chi connectivity index (χ0n) is 15.8. The lowest BCUT2D eigenvalue weighted by molar-refractivity contribution is -0.115. The standard InChI is InChI=1S/C20H21N5O2S/c1-12-4-6-16(7-5-12)18-23-24-20(25(18)21)28-14(3)19(27)22-17-10-8-15(9-11-17)13(2)26/h4-11,14H,21H2,1-3H3,(H,22,27)/t14-/m1/s1. The van der Waals surface area contributed by atoms with Gasteiger partial charge in [-0.1, -0.05) is 41.6 Å². The number of thioether (sulfide) groups is 1. The molecular weight excluding hydrogens is 374 g/mol. The Bertz CT molecular complexity index is 996. The van der Waals surface area contributed by atoms with Crippen molar-refractivity contribution in [3.8, 4) is 11.4 Å². The Morgan fingerprint density at radius 1 is 1.07 bits per heavy atom. The van der Waals surface area contributed by atoms with Crippen molar-refractivity contribution in [3.05, 3.63) is 59.7 Å². The van der Waals surface area contributed by atoms with Crippen molar-refractivity contribution in [3.63, 3.8) is 0 Å². The first-order valence-electron chi connectivity index (χ1n) is 8.71. The van der Waals surface area contributed by atoms with Gasteiger partial charge in [-0.05, 0) is 45.0 Å². The minimum Gasteiger partial charge on any atom is -0.335 e. The van der Waals surface area contributed by atoms with Gasteiger partial charge in [-0.25, -0.2) is 4.68 Å². The van der Waals surface area contributed by atoms with Crippen LogP contribution in [0.1, 0.15) is 29.8 Å². The summed E-state index contributed by atoms with van der Waals surface area (Å²) in [6.45, 7) is 5.27. The van der Waals surface area contributed by atoms with E-state index in [9.17, 15) is 9.59 Å². The van der Waals surface area contributed by atoms with Gasteiger partial charge < -0.3 is 11.2 Å². The van der Waals surface area contributed by atoms with Gasteiger partial charge in [0.05, 0.1) is 5.25 Å². The second kappa shape index (κ2) is 8.26. The Balaban J connectivity index is 1.67. The molecule has 7 nitrogen and oxygen atoms in total. The Morgan fingerprint density at radius 2 is 1.71 bits per heavy atom. The van der Waals surface area contributed by atoms with E-state index in [1.165, 1.54) is 23.4 Å². The first-order chi connectivity index (χ1) is 13.3. The first kappa shape index (κ1) is 19.6. The summed E-state index contributed by atoms with van der Waals surface area (Å²) in [6, 6.07) is 14.6. The molecule has 0 bridgehead atoms. The van der Waals surface area contributed by atoms with Gasteiger partial charge in [-0.3, -0.25) is 9.59 Å².